The highest BCUT2D eigenvalue weighted by molar-refractivity contribution is 6.03. The minimum absolute atomic E-state index is 0.0471. The molecule has 488 valence electrons. The lowest BCUT2D eigenvalue weighted by Crippen LogP contribution is -2.57. The van der Waals surface area contributed by atoms with Crippen molar-refractivity contribution < 1.29 is 52.9 Å². The minimum atomic E-state index is -1.64. The fourth-order valence-electron chi connectivity index (χ4n) is 14.7. The third-order valence-electron chi connectivity index (χ3n) is 19.0. The van der Waals surface area contributed by atoms with Crippen molar-refractivity contribution in [2.45, 2.75) is 74.9 Å². The molecule has 96 heavy (non-hydrogen) atoms. The predicted molar refractivity (Wildman–Crippen MR) is 354 cm³/mol. The Hall–Kier alpha value is -11.0. The Morgan fingerprint density at radius 2 is 0.635 bits per heavy atom. The lowest BCUT2D eigenvalue weighted by atomic mass is 9.75. The van der Waals surface area contributed by atoms with Crippen LogP contribution in [0.2, 0.25) is 0 Å². The number of piperazine rings is 2. The number of benzene rings is 8. The normalized spacial score (nSPS) is 17.0. The maximum atomic E-state index is 14.6. The molecule has 4 heterocycles. The second-order valence-corrected chi connectivity index (χ2v) is 24.3. The van der Waals surface area contributed by atoms with E-state index >= 15 is 0 Å². The van der Waals surface area contributed by atoms with Gasteiger partial charge in [0, 0.05) is 101 Å². The molecular formula is C75H70N8O13. The van der Waals surface area contributed by atoms with E-state index in [4.69, 9.17) is 9.47 Å². The second kappa shape index (κ2) is 27.9. The summed E-state index contributed by atoms with van der Waals surface area (Å²) in [5, 5.41) is 26.4. The topological polar surface area (TPSA) is 244 Å². The summed E-state index contributed by atoms with van der Waals surface area (Å²) in [6.07, 6.45) is -5.68. The number of rotatable bonds is 20. The molecule has 8 aromatic carbocycles. The van der Waals surface area contributed by atoms with Crippen molar-refractivity contribution in [3.8, 4) is 0 Å². The molecule has 21 heteroatoms. The van der Waals surface area contributed by atoms with E-state index in [1.807, 2.05) is 109 Å². The summed E-state index contributed by atoms with van der Waals surface area (Å²) in [5.41, 5.74) is 2.77. The molecule has 2 unspecified atom stereocenters. The van der Waals surface area contributed by atoms with Gasteiger partial charge in [-0.2, -0.15) is 0 Å². The Bertz CT molecular complexity index is 3730. The van der Waals surface area contributed by atoms with Gasteiger partial charge in [-0.3, -0.25) is 68.6 Å². The van der Waals surface area contributed by atoms with Gasteiger partial charge in [0.1, 0.15) is 24.3 Å². The van der Waals surface area contributed by atoms with E-state index in [1.54, 1.807) is 9.80 Å². The summed E-state index contributed by atoms with van der Waals surface area (Å²) in [4.78, 5) is 132. The SMILES string of the molecule is CC(OC(=O)OC(C)[C@@H](c1ccc(C(=O)N2CCN(C(c3ccccc3)(c3ccccc3)c3ccccc3)CC2)cc1[N+](=O)[O-])N1C(=O)CCC1=O)[C@@H](c1ccc(C(=O)N2CCN(C(c3ccccc3)(c3ccccc3)c3ccccc3)CC2)cc1[N+](=O)[O-])N1C(=O)CCC1=O. The average Bonchev–Trinajstić information content (AvgIpc) is 0.860. The molecule has 4 saturated heterocycles. The molecule has 12 rings (SSSR count). The zero-order valence-electron chi connectivity index (χ0n) is 53.0. The fraction of sp³-hybridized carbons (Fsp3) is 0.267. The van der Waals surface area contributed by atoms with Gasteiger partial charge in [-0.25, -0.2) is 4.79 Å². The standard InChI is InChI=1S/C75H70N8O13/c1-51(69(80-65(84)37-38-66(80)85)61-35-33-53(49-63(61)82(91)92)71(88)76-41-45-78(46-42-76)74(55-21-9-3-10-22-55,56-23-11-4-12-24-56)57-25-13-5-14-26-57)95-73(90)96-52(2)70(81-67(86)39-40-68(81)87)62-36-34-54(50-64(62)83(93)94)72(89)77-43-47-79(48-44-77)75(58-27-15-6-16-28-58,59-29-17-7-18-30-59)60-31-19-8-20-32-60/h3-36,49-52,69-70H,37-48H2,1-2H3/t51?,52?,69-,70-/m0/s1. The van der Waals surface area contributed by atoms with Crippen molar-refractivity contribution in [3.05, 3.63) is 294 Å². The van der Waals surface area contributed by atoms with E-state index in [0.717, 1.165) is 55.3 Å². The van der Waals surface area contributed by atoms with Crippen LogP contribution >= 0.6 is 0 Å². The summed E-state index contributed by atoms with van der Waals surface area (Å²) in [6, 6.07) is 64.8. The van der Waals surface area contributed by atoms with Crippen LogP contribution in [0.5, 0.6) is 0 Å². The maximum Gasteiger partial charge on any atom is 0.508 e. The summed E-state index contributed by atoms with van der Waals surface area (Å²) in [7, 11) is 0. The van der Waals surface area contributed by atoms with E-state index in [2.05, 4.69) is 82.6 Å². The highest BCUT2D eigenvalue weighted by Gasteiger charge is 2.49. The van der Waals surface area contributed by atoms with Crippen LogP contribution in [0, 0.1) is 20.2 Å². The van der Waals surface area contributed by atoms with Crippen molar-refractivity contribution in [1.82, 2.24) is 29.4 Å². The minimum Gasteiger partial charge on any atom is -0.429 e. The molecule has 0 saturated carbocycles. The number of carbonyl (C=O) groups excluding carboxylic acids is 7. The molecule has 4 aliphatic rings. The van der Waals surface area contributed by atoms with E-state index in [-0.39, 0.29) is 74.1 Å². The first-order valence-electron chi connectivity index (χ1n) is 32.1. The van der Waals surface area contributed by atoms with Gasteiger partial charge in [-0.15, -0.1) is 0 Å². The zero-order valence-corrected chi connectivity index (χ0v) is 53.0. The van der Waals surface area contributed by atoms with Crippen LogP contribution in [0.3, 0.4) is 0 Å². The molecule has 0 bridgehead atoms. The van der Waals surface area contributed by atoms with Crippen molar-refractivity contribution in [1.29, 1.82) is 0 Å². The highest BCUT2D eigenvalue weighted by atomic mass is 16.7. The molecule has 8 aromatic rings. The Labute approximate surface area is 554 Å². The Morgan fingerprint density at radius 3 is 0.875 bits per heavy atom. The van der Waals surface area contributed by atoms with Crippen LogP contribution in [-0.2, 0) is 39.7 Å². The number of hydrogen-bond acceptors (Lipinski definition) is 15. The monoisotopic (exact) mass is 1290 g/mol. The van der Waals surface area contributed by atoms with Crippen LogP contribution in [-0.4, -0.2) is 145 Å². The van der Waals surface area contributed by atoms with Crippen molar-refractivity contribution in [2.24, 2.45) is 0 Å². The van der Waals surface area contributed by atoms with Gasteiger partial charge in [0.25, 0.3) is 23.2 Å². The molecule has 21 nitrogen and oxygen atoms in total. The van der Waals surface area contributed by atoms with Crippen LogP contribution in [0.1, 0.15) is 117 Å². The first-order chi connectivity index (χ1) is 46.5. The Morgan fingerprint density at radius 1 is 0.385 bits per heavy atom. The first kappa shape index (κ1) is 65.0. The predicted octanol–water partition coefficient (Wildman–Crippen LogP) is 11.0. The van der Waals surface area contributed by atoms with Crippen LogP contribution < -0.4 is 0 Å². The quantitative estimate of drug-likeness (QED) is 0.0226. The van der Waals surface area contributed by atoms with E-state index < -0.39 is 98.2 Å². The molecule has 6 amide bonds. The van der Waals surface area contributed by atoms with Gasteiger partial charge in [0.15, 0.2) is 0 Å². The van der Waals surface area contributed by atoms with Gasteiger partial charge in [-0.1, -0.05) is 182 Å². The number of amides is 6. The van der Waals surface area contributed by atoms with Crippen molar-refractivity contribution >= 4 is 53.0 Å². The van der Waals surface area contributed by atoms with Gasteiger partial charge < -0.3 is 19.3 Å². The molecule has 4 fully saturated rings. The lowest BCUT2D eigenvalue weighted by Gasteiger charge is -2.49. The van der Waals surface area contributed by atoms with Crippen LogP contribution in [0.4, 0.5) is 16.2 Å². The number of ether oxygens (including phenoxy) is 2. The molecule has 0 aliphatic carbocycles. The molecule has 4 aliphatic heterocycles. The van der Waals surface area contributed by atoms with Crippen LogP contribution in [0.15, 0.2) is 218 Å². The number of nitro groups is 2. The number of imide groups is 2. The average molecular weight is 1290 g/mol. The van der Waals surface area contributed by atoms with Gasteiger partial charge in [-0.05, 0) is 71.5 Å². The first-order valence-corrected chi connectivity index (χ1v) is 32.1. The smallest absolute Gasteiger partial charge is 0.429 e. The number of nitro benzene ring substituents is 2. The Kier molecular flexibility index (Phi) is 18.9. The number of nitrogens with zero attached hydrogens (tertiary/aromatic N) is 8. The maximum absolute atomic E-state index is 14.6. The third kappa shape index (κ3) is 12.3. The van der Waals surface area contributed by atoms with E-state index in [1.165, 1.54) is 38.1 Å². The summed E-state index contributed by atoms with van der Waals surface area (Å²) in [5.74, 6) is -3.88. The van der Waals surface area contributed by atoms with Crippen molar-refractivity contribution in [3.63, 3.8) is 0 Å². The van der Waals surface area contributed by atoms with Crippen LogP contribution in [0.25, 0.3) is 0 Å². The number of likely N-dealkylation sites (tertiary alicyclic amines) is 2. The summed E-state index contributed by atoms with van der Waals surface area (Å²) < 4.78 is 11.6. The molecular weight excluding hydrogens is 1220 g/mol. The van der Waals surface area contributed by atoms with Gasteiger partial charge in [0.2, 0.25) is 23.6 Å². The van der Waals surface area contributed by atoms with E-state index in [0.29, 0.717) is 26.2 Å². The molecule has 0 N–H and O–H groups in total. The summed E-state index contributed by atoms with van der Waals surface area (Å²) >= 11 is 0. The fourth-order valence-corrected chi connectivity index (χ4v) is 14.7. The molecule has 0 aromatic heterocycles. The second-order valence-electron chi connectivity index (χ2n) is 24.3. The number of carbonyl (C=O) groups is 7. The van der Waals surface area contributed by atoms with Gasteiger partial charge >= 0.3 is 6.16 Å². The molecule has 0 radical (unpaired) electrons. The lowest BCUT2D eigenvalue weighted by molar-refractivity contribution is -0.386. The van der Waals surface area contributed by atoms with Gasteiger partial charge in [0.05, 0.1) is 32.1 Å². The molecule has 4 atom stereocenters. The van der Waals surface area contributed by atoms with E-state index in [9.17, 15) is 53.8 Å². The van der Waals surface area contributed by atoms with Crippen molar-refractivity contribution in [2.75, 3.05) is 52.4 Å². The number of hydrogen-bond donors (Lipinski definition) is 0. The summed E-state index contributed by atoms with van der Waals surface area (Å²) in [6.45, 7) is 5.19. The third-order valence-corrected chi connectivity index (χ3v) is 19.0. The molecule has 0 spiro atoms. The Balaban J connectivity index is 0.777. The zero-order chi connectivity index (χ0) is 67.3. The highest BCUT2D eigenvalue weighted by Crippen LogP contribution is 2.46. The largest absolute Gasteiger partial charge is 0.508 e.